The number of hydrogen-bond donors (Lipinski definition) is 0. The molecule has 2 aliphatic rings. The van der Waals surface area contributed by atoms with Crippen molar-refractivity contribution in [3.05, 3.63) is 23.1 Å². The van der Waals surface area contributed by atoms with E-state index in [1.807, 2.05) is 4.90 Å². The predicted octanol–water partition coefficient (Wildman–Crippen LogP) is 2.88. The maximum atomic E-state index is 12.3. The average Bonchev–Trinajstić information content (AvgIpc) is 3.10. The molecule has 5 heteroatoms. The molecule has 0 spiro atoms. The first kappa shape index (κ1) is 14.0. The van der Waals surface area contributed by atoms with Crippen molar-refractivity contribution in [3.63, 3.8) is 0 Å². The van der Waals surface area contributed by atoms with Crippen LogP contribution in [0.3, 0.4) is 0 Å². The molecule has 1 aromatic heterocycles. The molecule has 1 aromatic rings. The predicted molar refractivity (Wildman–Crippen MR) is 78.0 cm³/mol. The second kappa shape index (κ2) is 6.19. The SMILES string of the molecule is O=C(c1ccoc1Cl)N1CCC(CN2CCCC2)CC1. The molecule has 2 aliphatic heterocycles. The smallest absolute Gasteiger partial charge is 0.258 e. The molecule has 0 atom stereocenters. The molecule has 0 radical (unpaired) electrons. The summed E-state index contributed by atoms with van der Waals surface area (Å²) in [7, 11) is 0. The summed E-state index contributed by atoms with van der Waals surface area (Å²) in [6.45, 7) is 5.37. The van der Waals surface area contributed by atoms with E-state index in [0.717, 1.165) is 31.8 Å². The number of nitrogens with zero attached hydrogens (tertiary/aromatic N) is 2. The van der Waals surface area contributed by atoms with Gasteiger partial charge in [-0.2, -0.15) is 0 Å². The van der Waals surface area contributed by atoms with Crippen LogP contribution in [0, 0.1) is 5.92 Å². The van der Waals surface area contributed by atoms with Crippen LogP contribution in [0.4, 0.5) is 0 Å². The van der Waals surface area contributed by atoms with Crippen molar-refractivity contribution in [2.24, 2.45) is 5.92 Å². The molecule has 3 rings (SSSR count). The lowest BCUT2D eigenvalue weighted by molar-refractivity contribution is 0.0672. The normalized spacial score (nSPS) is 21.6. The van der Waals surface area contributed by atoms with Gasteiger partial charge < -0.3 is 14.2 Å². The van der Waals surface area contributed by atoms with E-state index in [1.54, 1.807) is 6.07 Å². The largest absolute Gasteiger partial charge is 0.452 e. The maximum absolute atomic E-state index is 12.3. The van der Waals surface area contributed by atoms with Crippen molar-refractivity contribution >= 4 is 17.5 Å². The zero-order valence-electron chi connectivity index (χ0n) is 11.7. The molecule has 110 valence electrons. The van der Waals surface area contributed by atoms with Crippen molar-refractivity contribution in [1.82, 2.24) is 9.80 Å². The Morgan fingerprint density at radius 3 is 2.55 bits per heavy atom. The Bertz CT molecular complexity index is 460. The van der Waals surface area contributed by atoms with E-state index in [9.17, 15) is 4.79 Å². The van der Waals surface area contributed by atoms with Crippen LogP contribution < -0.4 is 0 Å². The second-order valence-electron chi connectivity index (χ2n) is 5.85. The number of rotatable bonds is 3. The molecule has 0 N–H and O–H groups in total. The van der Waals surface area contributed by atoms with E-state index in [1.165, 1.54) is 38.7 Å². The summed E-state index contributed by atoms with van der Waals surface area (Å²) in [6, 6.07) is 1.65. The van der Waals surface area contributed by atoms with Gasteiger partial charge in [0.2, 0.25) is 5.22 Å². The molecule has 0 aliphatic carbocycles. The van der Waals surface area contributed by atoms with Gasteiger partial charge in [-0.25, -0.2) is 0 Å². The number of carbonyl (C=O) groups excluding carboxylic acids is 1. The van der Waals surface area contributed by atoms with Crippen LogP contribution in [0.5, 0.6) is 0 Å². The highest BCUT2D eigenvalue weighted by Gasteiger charge is 2.27. The highest BCUT2D eigenvalue weighted by Crippen LogP contribution is 2.24. The van der Waals surface area contributed by atoms with Gasteiger partial charge in [-0.1, -0.05) is 0 Å². The minimum atomic E-state index is 0.00312. The van der Waals surface area contributed by atoms with Crippen LogP contribution in [-0.4, -0.2) is 48.4 Å². The fourth-order valence-electron chi connectivity index (χ4n) is 3.27. The summed E-state index contributed by atoms with van der Waals surface area (Å²) >= 11 is 5.88. The third kappa shape index (κ3) is 3.01. The molecule has 3 heterocycles. The summed E-state index contributed by atoms with van der Waals surface area (Å²) in [5, 5.41) is 0.203. The van der Waals surface area contributed by atoms with Crippen molar-refractivity contribution in [2.75, 3.05) is 32.7 Å². The maximum Gasteiger partial charge on any atom is 0.258 e. The summed E-state index contributed by atoms with van der Waals surface area (Å²) in [5.74, 6) is 0.736. The highest BCUT2D eigenvalue weighted by molar-refractivity contribution is 6.32. The monoisotopic (exact) mass is 296 g/mol. The molecule has 0 bridgehead atoms. The van der Waals surface area contributed by atoms with E-state index in [-0.39, 0.29) is 11.1 Å². The van der Waals surface area contributed by atoms with Crippen LogP contribution in [0.2, 0.25) is 5.22 Å². The fourth-order valence-corrected chi connectivity index (χ4v) is 3.46. The first-order valence-electron chi connectivity index (χ1n) is 7.48. The molecule has 20 heavy (non-hydrogen) atoms. The minimum absolute atomic E-state index is 0.00312. The third-order valence-corrected chi connectivity index (χ3v) is 4.76. The molecule has 0 saturated carbocycles. The van der Waals surface area contributed by atoms with Gasteiger partial charge >= 0.3 is 0 Å². The fraction of sp³-hybridized carbons (Fsp3) is 0.667. The van der Waals surface area contributed by atoms with Crippen molar-refractivity contribution in [1.29, 1.82) is 0 Å². The van der Waals surface area contributed by atoms with Gasteiger partial charge in [-0.3, -0.25) is 4.79 Å². The Labute approximate surface area is 124 Å². The Morgan fingerprint density at radius 2 is 1.95 bits per heavy atom. The lowest BCUT2D eigenvalue weighted by atomic mass is 9.96. The van der Waals surface area contributed by atoms with Gasteiger partial charge in [0.05, 0.1) is 11.8 Å². The lowest BCUT2D eigenvalue weighted by Gasteiger charge is -2.33. The molecule has 2 fully saturated rings. The first-order chi connectivity index (χ1) is 9.74. The van der Waals surface area contributed by atoms with Crippen molar-refractivity contribution in [2.45, 2.75) is 25.7 Å². The quantitative estimate of drug-likeness (QED) is 0.860. The Hall–Kier alpha value is -1.00. The highest BCUT2D eigenvalue weighted by atomic mass is 35.5. The number of furan rings is 1. The van der Waals surface area contributed by atoms with Crippen LogP contribution >= 0.6 is 11.6 Å². The third-order valence-electron chi connectivity index (χ3n) is 4.47. The molecular weight excluding hydrogens is 276 g/mol. The zero-order valence-corrected chi connectivity index (χ0v) is 12.4. The summed E-state index contributed by atoms with van der Waals surface area (Å²) < 4.78 is 5.00. The van der Waals surface area contributed by atoms with E-state index in [2.05, 4.69) is 4.90 Å². The average molecular weight is 297 g/mol. The van der Waals surface area contributed by atoms with E-state index < -0.39 is 0 Å². The van der Waals surface area contributed by atoms with Crippen LogP contribution in [0.15, 0.2) is 16.7 Å². The molecule has 4 nitrogen and oxygen atoms in total. The van der Waals surface area contributed by atoms with Crippen LogP contribution in [-0.2, 0) is 0 Å². The second-order valence-corrected chi connectivity index (χ2v) is 6.19. The lowest BCUT2D eigenvalue weighted by Crippen LogP contribution is -2.41. The number of likely N-dealkylation sites (tertiary alicyclic amines) is 2. The number of amides is 1. The Morgan fingerprint density at radius 1 is 1.25 bits per heavy atom. The zero-order chi connectivity index (χ0) is 13.9. The molecule has 1 amide bonds. The summed E-state index contributed by atoms with van der Waals surface area (Å²) in [4.78, 5) is 16.8. The standard InChI is InChI=1S/C15H21ClN2O2/c16-14-13(5-10-20-14)15(19)18-8-3-12(4-9-18)11-17-6-1-2-7-17/h5,10,12H,1-4,6-9,11H2. The Kier molecular flexibility index (Phi) is 4.32. The molecule has 0 unspecified atom stereocenters. The number of halogens is 1. The first-order valence-corrected chi connectivity index (χ1v) is 7.86. The van der Waals surface area contributed by atoms with Gasteiger partial charge in [0.1, 0.15) is 0 Å². The number of hydrogen-bond acceptors (Lipinski definition) is 3. The topological polar surface area (TPSA) is 36.7 Å². The van der Waals surface area contributed by atoms with Gasteiger partial charge in [-0.15, -0.1) is 0 Å². The van der Waals surface area contributed by atoms with Crippen LogP contribution in [0.25, 0.3) is 0 Å². The van der Waals surface area contributed by atoms with Gasteiger partial charge in [0.25, 0.3) is 5.91 Å². The van der Waals surface area contributed by atoms with Gasteiger partial charge in [0, 0.05) is 19.6 Å². The van der Waals surface area contributed by atoms with E-state index in [4.69, 9.17) is 16.0 Å². The van der Waals surface area contributed by atoms with Crippen molar-refractivity contribution < 1.29 is 9.21 Å². The van der Waals surface area contributed by atoms with Crippen molar-refractivity contribution in [3.8, 4) is 0 Å². The van der Waals surface area contributed by atoms with Crippen LogP contribution in [0.1, 0.15) is 36.0 Å². The van der Waals surface area contributed by atoms with E-state index >= 15 is 0 Å². The molecular formula is C15H21ClN2O2. The summed E-state index contributed by atoms with van der Waals surface area (Å²) in [5.41, 5.74) is 0.490. The van der Waals surface area contributed by atoms with Gasteiger partial charge in [0.15, 0.2) is 0 Å². The molecule has 2 saturated heterocycles. The van der Waals surface area contributed by atoms with Gasteiger partial charge in [-0.05, 0) is 62.4 Å². The number of carbonyl (C=O) groups is 1. The number of piperidine rings is 1. The Balaban J connectivity index is 1.50. The molecule has 0 aromatic carbocycles. The summed E-state index contributed by atoms with van der Waals surface area (Å²) in [6.07, 6.45) is 6.34. The van der Waals surface area contributed by atoms with E-state index in [0.29, 0.717) is 5.56 Å². The minimum Gasteiger partial charge on any atom is -0.452 e.